The summed E-state index contributed by atoms with van der Waals surface area (Å²) in [6.45, 7) is 3.99. The number of nitrogens with one attached hydrogen (secondary N) is 1. The van der Waals surface area contributed by atoms with Crippen LogP contribution < -0.4 is 5.32 Å². The fraction of sp³-hybridized carbons (Fsp3) is 0.556. The van der Waals surface area contributed by atoms with E-state index in [0.29, 0.717) is 0 Å². The Morgan fingerprint density at radius 1 is 1.50 bits per heavy atom. The highest BCUT2D eigenvalue weighted by Gasteiger charge is 2.22. The Morgan fingerprint density at radius 3 is 2.62 bits per heavy atom. The van der Waals surface area contributed by atoms with Crippen LogP contribution in [0.1, 0.15) is 26.7 Å². The van der Waals surface area contributed by atoms with E-state index in [-0.39, 0.29) is 22.7 Å². The first-order chi connectivity index (χ1) is 7.60. The fourth-order valence-electron chi connectivity index (χ4n) is 1.31. The molecule has 0 spiro atoms. The maximum Gasteiger partial charge on any atom is 0.348 e. The SMILES string of the molecule is CCC(CC)Nc1ncnc(Cl)c1[N+](=O)[O-]. The van der Waals surface area contributed by atoms with Gasteiger partial charge in [0.1, 0.15) is 6.33 Å². The molecule has 0 amide bonds. The maximum atomic E-state index is 10.8. The third-order valence-electron chi connectivity index (χ3n) is 2.29. The van der Waals surface area contributed by atoms with Crippen LogP contribution in [-0.2, 0) is 0 Å². The van der Waals surface area contributed by atoms with Crippen molar-refractivity contribution in [2.45, 2.75) is 32.7 Å². The molecule has 1 aromatic rings. The third kappa shape index (κ3) is 2.79. The molecule has 88 valence electrons. The molecule has 16 heavy (non-hydrogen) atoms. The standard InChI is InChI=1S/C9H13ClN4O2/c1-3-6(4-2)13-9-7(14(15)16)8(10)11-5-12-9/h5-6H,3-4H2,1-2H3,(H,11,12,13). The van der Waals surface area contributed by atoms with E-state index in [2.05, 4.69) is 15.3 Å². The summed E-state index contributed by atoms with van der Waals surface area (Å²) < 4.78 is 0. The molecule has 0 aliphatic heterocycles. The van der Waals surface area contributed by atoms with Crippen LogP contribution in [0.2, 0.25) is 5.15 Å². The molecule has 7 heteroatoms. The van der Waals surface area contributed by atoms with Gasteiger partial charge in [0.15, 0.2) is 0 Å². The van der Waals surface area contributed by atoms with Crippen molar-refractivity contribution in [2.75, 3.05) is 5.32 Å². The summed E-state index contributed by atoms with van der Waals surface area (Å²) in [5.41, 5.74) is -0.268. The summed E-state index contributed by atoms with van der Waals surface area (Å²) >= 11 is 5.66. The van der Waals surface area contributed by atoms with E-state index in [9.17, 15) is 10.1 Å². The number of aromatic nitrogens is 2. The van der Waals surface area contributed by atoms with Crippen LogP contribution in [-0.4, -0.2) is 20.9 Å². The van der Waals surface area contributed by atoms with Gasteiger partial charge < -0.3 is 5.32 Å². The van der Waals surface area contributed by atoms with Gasteiger partial charge in [0.25, 0.3) is 0 Å². The van der Waals surface area contributed by atoms with E-state index in [1.54, 1.807) is 0 Å². The van der Waals surface area contributed by atoms with Crippen LogP contribution in [0.4, 0.5) is 11.5 Å². The average Bonchev–Trinajstić information content (AvgIpc) is 2.25. The Hall–Kier alpha value is -1.43. The van der Waals surface area contributed by atoms with Crippen LogP contribution in [0.3, 0.4) is 0 Å². The molecule has 1 N–H and O–H groups in total. The predicted octanol–water partition coefficient (Wildman–Crippen LogP) is 2.64. The second kappa shape index (κ2) is 5.60. The van der Waals surface area contributed by atoms with Gasteiger partial charge in [0, 0.05) is 6.04 Å². The lowest BCUT2D eigenvalue weighted by molar-refractivity contribution is -0.384. The topological polar surface area (TPSA) is 81.0 Å². The Bertz CT molecular complexity index is 382. The highest BCUT2D eigenvalue weighted by Crippen LogP contribution is 2.29. The van der Waals surface area contributed by atoms with Crippen LogP contribution in [0.25, 0.3) is 0 Å². The van der Waals surface area contributed by atoms with Crippen molar-refractivity contribution < 1.29 is 4.92 Å². The van der Waals surface area contributed by atoms with Gasteiger partial charge >= 0.3 is 5.69 Å². The summed E-state index contributed by atoms with van der Waals surface area (Å²) in [5.74, 6) is 0.179. The fourth-order valence-corrected chi connectivity index (χ4v) is 1.51. The molecule has 1 rings (SSSR count). The molecule has 0 unspecified atom stereocenters. The molecule has 0 fully saturated rings. The van der Waals surface area contributed by atoms with Crippen LogP contribution in [0.5, 0.6) is 0 Å². The number of hydrogen-bond donors (Lipinski definition) is 1. The second-order valence-corrected chi connectivity index (χ2v) is 3.63. The highest BCUT2D eigenvalue weighted by atomic mass is 35.5. The van der Waals surface area contributed by atoms with Crippen LogP contribution >= 0.6 is 11.6 Å². The minimum Gasteiger partial charge on any atom is -0.361 e. The molecule has 6 nitrogen and oxygen atoms in total. The van der Waals surface area contributed by atoms with Crippen molar-refractivity contribution in [1.29, 1.82) is 0 Å². The quantitative estimate of drug-likeness (QED) is 0.489. The molecule has 0 bridgehead atoms. The lowest BCUT2D eigenvalue weighted by Gasteiger charge is -2.14. The van der Waals surface area contributed by atoms with E-state index in [0.717, 1.165) is 12.8 Å². The zero-order valence-electron chi connectivity index (χ0n) is 9.11. The molecular formula is C9H13ClN4O2. The van der Waals surface area contributed by atoms with Crippen molar-refractivity contribution in [3.8, 4) is 0 Å². The molecule has 0 aromatic carbocycles. The third-order valence-corrected chi connectivity index (χ3v) is 2.56. The molecule has 0 aliphatic carbocycles. The average molecular weight is 245 g/mol. The smallest absolute Gasteiger partial charge is 0.348 e. The normalized spacial score (nSPS) is 10.5. The van der Waals surface area contributed by atoms with Gasteiger partial charge in [0.2, 0.25) is 11.0 Å². The second-order valence-electron chi connectivity index (χ2n) is 3.28. The van der Waals surface area contributed by atoms with Crippen molar-refractivity contribution in [1.82, 2.24) is 9.97 Å². The van der Waals surface area contributed by atoms with Crippen molar-refractivity contribution in [3.63, 3.8) is 0 Å². The van der Waals surface area contributed by atoms with Gasteiger partial charge in [-0.2, -0.15) is 0 Å². The Morgan fingerprint density at radius 2 is 2.12 bits per heavy atom. The van der Waals surface area contributed by atoms with Gasteiger partial charge in [-0.1, -0.05) is 25.4 Å². The number of nitro groups is 1. The molecule has 0 aliphatic rings. The first kappa shape index (κ1) is 12.6. The van der Waals surface area contributed by atoms with Crippen molar-refractivity contribution >= 4 is 23.1 Å². The zero-order valence-corrected chi connectivity index (χ0v) is 9.86. The Labute approximate surface area is 98.2 Å². The summed E-state index contributed by atoms with van der Waals surface area (Å²) in [4.78, 5) is 17.7. The van der Waals surface area contributed by atoms with E-state index in [4.69, 9.17) is 11.6 Å². The van der Waals surface area contributed by atoms with Gasteiger partial charge in [-0.25, -0.2) is 9.97 Å². The number of halogens is 1. The van der Waals surface area contributed by atoms with Crippen LogP contribution in [0.15, 0.2) is 6.33 Å². The minimum atomic E-state index is -0.576. The first-order valence-electron chi connectivity index (χ1n) is 5.01. The van der Waals surface area contributed by atoms with Gasteiger partial charge in [0.05, 0.1) is 4.92 Å². The number of hydrogen-bond acceptors (Lipinski definition) is 5. The van der Waals surface area contributed by atoms with E-state index < -0.39 is 4.92 Å². The predicted molar refractivity (Wildman–Crippen MR) is 61.7 cm³/mol. The molecule has 0 saturated carbocycles. The monoisotopic (exact) mass is 244 g/mol. The summed E-state index contributed by atoms with van der Waals surface area (Å²) in [5, 5.41) is 13.6. The van der Waals surface area contributed by atoms with E-state index in [1.807, 2.05) is 13.8 Å². The highest BCUT2D eigenvalue weighted by molar-refractivity contribution is 6.31. The molecule has 1 aromatic heterocycles. The molecular weight excluding hydrogens is 232 g/mol. The summed E-state index contributed by atoms with van der Waals surface area (Å²) in [6, 6.07) is 0.143. The maximum absolute atomic E-state index is 10.8. The number of nitrogens with zero attached hydrogens (tertiary/aromatic N) is 3. The number of rotatable bonds is 5. The van der Waals surface area contributed by atoms with Gasteiger partial charge in [-0.05, 0) is 12.8 Å². The zero-order chi connectivity index (χ0) is 12.1. The van der Waals surface area contributed by atoms with Gasteiger partial charge in [-0.15, -0.1) is 0 Å². The van der Waals surface area contributed by atoms with E-state index >= 15 is 0 Å². The van der Waals surface area contributed by atoms with Gasteiger partial charge in [-0.3, -0.25) is 10.1 Å². The van der Waals surface area contributed by atoms with E-state index in [1.165, 1.54) is 6.33 Å². The molecule has 1 heterocycles. The number of anilines is 1. The van der Waals surface area contributed by atoms with Crippen molar-refractivity contribution in [3.05, 3.63) is 21.6 Å². The van der Waals surface area contributed by atoms with Crippen molar-refractivity contribution in [2.24, 2.45) is 0 Å². The lowest BCUT2D eigenvalue weighted by Crippen LogP contribution is -2.19. The Balaban J connectivity index is 3.03. The summed E-state index contributed by atoms with van der Waals surface area (Å²) in [7, 11) is 0. The molecule has 0 radical (unpaired) electrons. The molecule has 0 atom stereocenters. The first-order valence-corrected chi connectivity index (χ1v) is 5.39. The summed E-state index contributed by atoms with van der Waals surface area (Å²) in [6.07, 6.45) is 2.92. The Kier molecular flexibility index (Phi) is 4.42. The molecule has 0 saturated heterocycles. The lowest BCUT2D eigenvalue weighted by atomic mass is 10.2. The van der Waals surface area contributed by atoms with Crippen LogP contribution in [0, 0.1) is 10.1 Å². The largest absolute Gasteiger partial charge is 0.361 e. The minimum absolute atomic E-state index is 0.143.